The Morgan fingerprint density at radius 2 is 2.10 bits per heavy atom. The highest BCUT2D eigenvalue weighted by Crippen LogP contribution is 2.43. The second-order valence-corrected chi connectivity index (χ2v) is 5.61. The van der Waals surface area contributed by atoms with Gasteiger partial charge in [0.05, 0.1) is 5.56 Å². The Labute approximate surface area is 117 Å². The van der Waals surface area contributed by atoms with Gasteiger partial charge < -0.3 is 10.4 Å². The van der Waals surface area contributed by atoms with Gasteiger partial charge in [0.25, 0.3) is 0 Å². The van der Waals surface area contributed by atoms with Crippen molar-refractivity contribution in [3.63, 3.8) is 0 Å². The Morgan fingerprint density at radius 3 is 2.75 bits per heavy atom. The SMILES string of the molecule is O=C(O)c1cccc(CNC(=O)[C@H]2C[C@H]3C=C[C@H]2C3)c1. The van der Waals surface area contributed by atoms with Gasteiger partial charge in [-0.3, -0.25) is 4.79 Å². The average Bonchev–Trinajstić information content (AvgIpc) is 3.07. The minimum atomic E-state index is -0.948. The van der Waals surface area contributed by atoms with E-state index in [1.165, 1.54) is 0 Å². The van der Waals surface area contributed by atoms with Crippen molar-refractivity contribution in [1.29, 1.82) is 0 Å². The summed E-state index contributed by atoms with van der Waals surface area (Å²) in [6.07, 6.45) is 6.42. The fourth-order valence-corrected chi connectivity index (χ4v) is 3.22. The first kappa shape index (κ1) is 12.9. The van der Waals surface area contributed by atoms with Gasteiger partial charge in [0, 0.05) is 12.5 Å². The van der Waals surface area contributed by atoms with Gasteiger partial charge in [-0.2, -0.15) is 0 Å². The zero-order valence-corrected chi connectivity index (χ0v) is 11.1. The van der Waals surface area contributed by atoms with Gasteiger partial charge >= 0.3 is 5.97 Å². The summed E-state index contributed by atoms with van der Waals surface area (Å²) in [6, 6.07) is 6.68. The highest BCUT2D eigenvalue weighted by molar-refractivity contribution is 5.87. The summed E-state index contributed by atoms with van der Waals surface area (Å²) in [4.78, 5) is 23.1. The van der Waals surface area contributed by atoms with E-state index >= 15 is 0 Å². The predicted molar refractivity (Wildman–Crippen MR) is 74.1 cm³/mol. The van der Waals surface area contributed by atoms with E-state index < -0.39 is 5.97 Å². The molecule has 2 N–H and O–H groups in total. The van der Waals surface area contributed by atoms with Crippen LogP contribution >= 0.6 is 0 Å². The van der Waals surface area contributed by atoms with Crippen molar-refractivity contribution < 1.29 is 14.7 Å². The van der Waals surface area contributed by atoms with Crippen molar-refractivity contribution in [3.05, 3.63) is 47.5 Å². The van der Waals surface area contributed by atoms with Crippen LogP contribution in [0.1, 0.15) is 28.8 Å². The summed E-state index contributed by atoms with van der Waals surface area (Å²) in [5, 5.41) is 11.9. The molecule has 1 aromatic rings. The maximum Gasteiger partial charge on any atom is 0.335 e. The van der Waals surface area contributed by atoms with Crippen LogP contribution in [0.25, 0.3) is 0 Å². The molecule has 0 heterocycles. The maximum atomic E-state index is 12.2. The van der Waals surface area contributed by atoms with E-state index in [4.69, 9.17) is 5.11 Å². The van der Waals surface area contributed by atoms with Crippen LogP contribution in [0.3, 0.4) is 0 Å². The minimum absolute atomic E-state index is 0.0857. The van der Waals surface area contributed by atoms with E-state index in [-0.39, 0.29) is 17.4 Å². The van der Waals surface area contributed by atoms with Crippen LogP contribution in [-0.2, 0) is 11.3 Å². The standard InChI is InChI=1S/C16H17NO3/c18-15(14-8-10-4-5-12(14)6-10)17-9-11-2-1-3-13(7-11)16(19)20/h1-5,7,10,12,14H,6,8-9H2,(H,17,18)(H,19,20)/t10-,12-,14-/m0/s1. The van der Waals surface area contributed by atoms with Crippen LogP contribution in [0, 0.1) is 17.8 Å². The van der Waals surface area contributed by atoms with Crippen LogP contribution in [-0.4, -0.2) is 17.0 Å². The third-order valence-electron chi connectivity index (χ3n) is 4.26. The van der Waals surface area contributed by atoms with Crippen LogP contribution in [0.15, 0.2) is 36.4 Å². The largest absolute Gasteiger partial charge is 0.478 e. The number of allylic oxidation sites excluding steroid dienone is 2. The number of aromatic carboxylic acids is 1. The Bertz CT molecular complexity index is 579. The molecule has 4 heteroatoms. The van der Waals surface area contributed by atoms with Gasteiger partial charge in [-0.05, 0) is 42.4 Å². The molecule has 1 fully saturated rings. The molecule has 2 aliphatic carbocycles. The van der Waals surface area contributed by atoms with Crippen LogP contribution in [0.2, 0.25) is 0 Å². The molecule has 104 valence electrons. The van der Waals surface area contributed by atoms with Gasteiger partial charge in [0.1, 0.15) is 0 Å². The zero-order valence-electron chi connectivity index (χ0n) is 11.1. The average molecular weight is 271 g/mol. The van der Waals surface area contributed by atoms with Crippen molar-refractivity contribution in [2.45, 2.75) is 19.4 Å². The summed E-state index contributed by atoms with van der Waals surface area (Å²) >= 11 is 0. The number of carboxylic acid groups (broad SMARTS) is 1. The lowest BCUT2D eigenvalue weighted by Crippen LogP contribution is -2.32. The van der Waals surface area contributed by atoms with Crippen LogP contribution in [0.5, 0.6) is 0 Å². The second kappa shape index (κ2) is 5.12. The number of carbonyl (C=O) groups is 2. The first-order valence-electron chi connectivity index (χ1n) is 6.92. The van der Waals surface area contributed by atoms with Crippen LogP contribution < -0.4 is 5.32 Å². The quantitative estimate of drug-likeness (QED) is 0.825. The normalized spacial score (nSPS) is 26.7. The van der Waals surface area contributed by atoms with E-state index in [0.29, 0.717) is 18.4 Å². The highest BCUT2D eigenvalue weighted by Gasteiger charge is 2.39. The lowest BCUT2D eigenvalue weighted by Gasteiger charge is -2.17. The van der Waals surface area contributed by atoms with Crippen molar-refractivity contribution in [2.75, 3.05) is 0 Å². The Morgan fingerprint density at radius 1 is 1.25 bits per heavy atom. The third-order valence-corrected chi connectivity index (χ3v) is 4.26. The number of hydrogen-bond acceptors (Lipinski definition) is 2. The van der Waals surface area contributed by atoms with Gasteiger partial charge in [-0.15, -0.1) is 0 Å². The number of rotatable bonds is 4. The van der Waals surface area contributed by atoms with Gasteiger partial charge in [-0.25, -0.2) is 4.79 Å². The fourth-order valence-electron chi connectivity index (χ4n) is 3.22. The summed E-state index contributed by atoms with van der Waals surface area (Å²) in [5.74, 6) is 0.197. The number of nitrogens with one attached hydrogen (secondary N) is 1. The topological polar surface area (TPSA) is 66.4 Å². The first-order chi connectivity index (χ1) is 9.63. The summed E-state index contributed by atoms with van der Waals surface area (Å²) in [6.45, 7) is 0.386. The molecule has 1 amide bonds. The molecule has 20 heavy (non-hydrogen) atoms. The van der Waals surface area contributed by atoms with E-state index in [2.05, 4.69) is 17.5 Å². The van der Waals surface area contributed by atoms with Crippen molar-refractivity contribution in [2.24, 2.45) is 17.8 Å². The molecule has 0 aromatic heterocycles. The smallest absolute Gasteiger partial charge is 0.335 e. The molecule has 1 aromatic carbocycles. The molecule has 0 radical (unpaired) electrons. The molecular weight excluding hydrogens is 254 g/mol. The summed E-state index contributed by atoms with van der Waals surface area (Å²) in [5.41, 5.74) is 1.07. The van der Waals surface area contributed by atoms with E-state index in [1.54, 1.807) is 18.2 Å². The van der Waals surface area contributed by atoms with Gasteiger partial charge in [0.2, 0.25) is 5.91 Å². The second-order valence-electron chi connectivity index (χ2n) is 5.61. The number of benzene rings is 1. The zero-order chi connectivity index (χ0) is 14.1. The lowest BCUT2D eigenvalue weighted by atomic mass is 9.93. The molecule has 4 nitrogen and oxygen atoms in total. The molecule has 0 saturated heterocycles. The lowest BCUT2D eigenvalue weighted by molar-refractivity contribution is -0.125. The van der Waals surface area contributed by atoms with E-state index in [9.17, 15) is 9.59 Å². The third kappa shape index (κ3) is 2.46. The molecule has 0 aliphatic heterocycles. The van der Waals surface area contributed by atoms with Crippen molar-refractivity contribution in [1.82, 2.24) is 5.32 Å². The maximum absolute atomic E-state index is 12.2. The van der Waals surface area contributed by atoms with Crippen molar-refractivity contribution >= 4 is 11.9 Å². The van der Waals surface area contributed by atoms with Gasteiger partial charge in [-0.1, -0.05) is 24.3 Å². The fraction of sp³-hybridized carbons (Fsp3) is 0.375. The Balaban J connectivity index is 1.59. The number of hydrogen-bond donors (Lipinski definition) is 2. The summed E-state index contributed by atoms with van der Waals surface area (Å²) in [7, 11) is 0. The number of fused-ring (bicyclic) bond motifs is 2. The monoisotopic (exact) mass is 271 g/mol. The molecule has 3 rings (SSSR count). The molecule has 2 bridgehead atoms. The minimum Gasteiger partial charge on any atom is -0.478 e. The van der Waals surface area contributed by atoms with Crippen LogP contribution in [0.4, 0.5) is 0 Å². The molecule has 1 saturated carbocycles. The molecular formula is C16H17NO3. The predicted octanol–water partition coefficient (Wildman–Crippen LogP) is 2.21. The van der Waals surface area contributed by atoms with Gasteiger partial charge in [0.15, 0.2) is 0 Å². The number of carbonyl (C=O) groups excluding carboxylic acids is 1. The first-order valence-corrected chi connectivity index (χ1v) is 6.92. The molecule has 0 unspecified atom stereocenters. The van der Waals surface area contributed by atoms with Crippen molar-refractivity contribution in [3.8, 4) is 0 Å². The number of amides is 1. The summed E-state index contributed by atoms with van der Waals surface area (Å²) < 4.78 is 0. The Kier molecular flexibility index (Phi) is 3.30. The highest BCUT2D eigenvalue weighted by atomic mass is 16.4. The molecule has 2 aliphatic rings. The Hall–Kier alpha value is -2.10. The number of carboxylic acids is 1. The van der Waals surface area contributed by atoms with E-state index in [0.717, 1.165) is 18.4 Å². The molecule has 0 spiro atoms. The molecule has 3 atom stereocenters. The van der Waals surface area contributed by atoms with E-state index in [1.807, 2.05) is 6.07 Å².